The van der Waals surface area contributed by atoms with Crippen molar-refractivity contribution in [2.75, 3.05) is 12.2 Å². The maximum atomic E-state index is 11.9. The molecule has 0 aromatic rings. The summed E-state index contributed by atoms with van der Waals surface area (Å²) >= 11 is 1.50. The number of ether oxygens (including phenoxy) is 2. The van der Waals surface area contributed by atoms with E-state index < -0.39 is 17.5 Å². The average molecular weight is 260 g/mol. The van der Waals surface area contributed by atoms with Gasteiger partial charge in [-0.1, -0.05) is 13.8 Å². The lowest BCUT2D eigenvalue weighted by Crippen LogP contribution is -2.44. The highest BCUT2D eigenvalue weighted by Gasteiger charge is 2.47. The minimum atomic E-state index is -1.01. The first-order valence-corrected chi connectivity index (χ1v) is 7.24. The Kier molecular flexibility index (Phi) is 5.01. The van der Waals surface area contributed by atoms with Crippen LogP contribution >= 0.6 is 11.8 Å². The highest BCUT2D eigenvalue weighted by atomic mass is 32.2. The SMILES string of the molecule is CC[C@H]1C[C@@H](C)[C@](C)(OCSC)C(=O)OC1=O. The molecule has 1 heterocycles. The Balaban J connectivity index is 2.90. The van der Waals surface area contributed by atoms with Crippen molar-refractivity contribution in [2.45, 2.75) is 39.2 Å². The second-order valence-electron chi connectivity index (χ2n) is 4.61. The van der Waals surface area contributed by atoms with E-state index in [-0.39, 0.29) is 11.8 Å². The number of cyclic esters (lactones) is 2. The summed E-state index contributed by atoms with van der Waals surface area (Å²) in [5.74, 6) is -0.783. The van der Waals surface area contributed by atoms with Crippen LogP contribution in [0.1, 0.15) is 33.6 Å². The van der Waals surface area contributed by atoms with Crippen LogP contribution in [0, 0.1) is 11.8 Å². The highest BCUT2D eigenvalue weighted by Crippen LogP contribution is 2.34. The van der Waals surface area contributed by atoms with Gasteiger partial charge in [-0.15, -0.1) is 11.8 Å². The molecule has 5 heteroatoms. The fourth-order valence-electron chi connectivity index (χ4n) is 1.94. The molecule has 3 atom stereocenters. The van der Waals surface area contributed by atoms with Crippen molar-refractivity contribution in [3.8, 4) is 0 Å². The summed E-state index contributed by atoms with van der Waals surface area (Å²) < 4.78 is 10.5. The van der Waals surface area contributed by atoms with Gasteiger partial charge >= 0.3 is 11.9 Å². The van der Waals surface area contributed by atoms with Gasteiger partial charge < -0.3 is 9.47 Å². The normalized spacial score (nSPS) is 34.4. The second kappa shape index (κ2) is 5.87. The molecule has 1 aliphatic rings. The van der Waals surface area contributed by atoms with Gasteiger partial charge in [-0.2, -0.15) is 0 Å². The summed E-state index contributed by atoms with van der Waals surface area (Å²) in [6.45, 7) is 5.57. The maximum Gasteiger partial charge on any atom is 0.346 e. The Bertz CT molecular complexity index is 305. The third-order valence-electron chi connectivity index (χ3n) is 3.48. The molecule has 0 N–H and O–H groups in total. The predicted octanol–water partition coefficient (Wildman–Crippen LogP) is 2.22. The van der Waals surface area contributed by atoms with Gasteiger partial charge in [0, 0.05) is 0 Å². The Labute approximate surface area is 106 Å². The van der Waals surface area contributed by atoms with Gasteiger partial charge in [-0.3, -0.25) is 4.79 Å². The largest absolute Gasteiger partial charge is 0.391 e. The van der Waals surface area contributed by atoms with Crippen LogP contribution in [0.3, 0.4) is 0 Å². The molecule has 0 aromatic heterocycles. The van der Waals surface area contributed by atoms with Crippen LogP contribution in [0.2, 0.25) is 0 Å². The van der Waals surface area contributed by atoms with Crippen LogP contribution in [0.25, 0.3) is 0 Å². The first kappa shape index (κ1) is 14.5. The monoisotopic (exact) mass is 260 g/mol. The zero-order valence-corrected chi connectivity index (χ0v) is 11.6. The van der Waals surface area contributed by atoms with Crippen LogP contribution in [-0.2, 0) is 19.1 Å². The lowest BCUT2D eigenvalue weighted by atomic mass is 9.83. The van der Waals surface area contributed by atoms with Gasteiger partial charge in [0.2, 0.25) is 0 Å². The molecule has 0 bridgehead atoms. The fraction of sp³-hybridized carbons (Fsp3) is 0.833. The van der Waals surface area contributed by atoms with Crippen molar-refractivity contribution in [3.63, 3.8) is 0 Å². The van der Waals surface area contributed by atoms with E-state index in [1.807, 2.05) is 20.1 Å². The standard InChI is InChI=1S/C12H20O4S/c1-5-9-6-8(2)12(3,15-7-17-4)11(14)16-10(9)13/h8-9H,5-7H2,1-4H3/t8-,9+,12+/m1/s1. The average Bonchev–Trinajstić information content (AvgIpc) is 2.38. The summed E-state index contributed by atoms with van der Waals surface area (Å²) in [4.78, 5) is 23.6. The molecule has 1 saturated heterocycles. The van der Waals surface area contributed by atoms with Gasteiger partial charge in [0.15, 0.2) is 5.60 Å². The maximum absolute atomic E-state index is 11.9. The van der Waals surface area contributed by atoms with Crippen molar-refractivity contribution < 1.29 is 19.1 Å². The molecular weight excluding hydrogens is 240 g/mol. The fourth-order valence-corrected chi connectivity index (χ4v) is 2.30. The number of rotatable bonds is 4. The molecule has 0 radical (unpaired) electrons. The molecule has 0 aromatic carbocycles. The Morgan fingerprint density at radius 2 is 2.18 bits per heavy atom. The van der Waals surface area contributed by atoms with E-state index in [0.29, 0.717) is 18.8 Å². The Morgan fingerprint density at radius 1 is 1.53 bits per heavy atom. The zero-order valence-electron chi connectivity index (χ0n) is 10.8. The highest BCUT2D eigenvalue weighted by molar-refractivity contribution is 7.98. The summed E-state index contributed by atoms with van der Waals surface area (Å²) in [6, 6.07) is 0. The molecular formula is C12H20O4S. The molecule has 1 fully saturated rings. The number of carbonyl (C=O) groups is 2. The van der Waals surface area contributed by atoms with Gasteiger partial charge in [0.1, 0.15) is 0 Å². The van der Waals surface area contributed by atoms with E-state index in [1.165, 1.54) is 11.8 Å². The van der Waals surface area contributed by atoms with Crippen LogP contribution in [0.15, 0.2) is 0 Å². The van der Waals surface area contributed by atoms with Crippen molar-refractivity contribution in [3.05, 3.63) is 0 Å². The van der Waals surface area contributed by atoms with Crippen molar-refractivity contribution in [2.24, 2.45) is 11.8 Å². The molecule has 17 heavy (non-hydrogen) atoms. The summed E-state index contributed by atoms with van der Waals surface area (Å²) in [5, 5.41) is 0. The number of hydrogen-bond acceptors (Lipinski definition) is 5. The van der Waals surface area contributed by atoms with Crippen molar-refractivity contribution in [1.29, 1.82) is 0 Å². The topological polar surface area (TPSA) is 52.6 Å². The van der Waals surface area contributed by atoms with Gasteiger partial charge in [-0.25, -0.2) is 4.79 Å². The van der Waals surface area contributed by atoms with Crippen LogP contribution in [0.5, 0.6) is 0 Å². The Morgan fingerprint density at radius 3 is 2.71 bits per heavy atom. The molecule has 4 nitrogen and oxygen atoms in total. The predicted molar refractivity (Wildman–Crippen MR) is 66.5 cm³/mol. The third kappa shape index (κ3) is 3.01. The van der Waals surface area contributed by atoms with E-state index in [9.17, 15) is 9.59 Å². The molecule has 0 saturated carbocycles. The first-order chi connectivity index (χ1) is 7.95. The number of hydrogen-bond donors (Lipinski definition) is 0. The summed E-state index contributed by atoms with van der Waals surface area (Å²) in [6.07, 6.45) is 3.22. The number of esters is 2. The molecule has 0 unspecified atom stereocenters. The van der Waals surface area contributed by atoms with Gasteiger partial charge in [-0.05, 0) is 31.9 Å². The van der Waals surface area contributed by atoms with E-state index in [2.05, 4.69) is 0 Å². The minimum absolute atomic E-state index is 0.0291. The first-order valence-electron chi connectivity index (χ1n) is 5.84. The molecule has 1 aliphatic heterocycles. The van der Waals surface area contributed by atoms with E-state index >= 15 is 0 Å². The summed E-state index contributed by atoms with van der Waals surface area (Å²) in [7, 11) is 0. The van der Waals surface area contributed by atoms with Crippen LogP contribution < -0.4 is 0 Å². The van der Waals surface area contributed by atoms with Crippen molar-refractivity contribution in [1.82, 2.24) is 0 Å². The lowest BCUT2D eigenvalue weighted by molar-refractivity contribution is -0.177. The van der Waals surface area contributed by atoms with E-state index in [4.69, 9.17) is 9.47 Å². The van der Waals surface area contributed by atoms with Crippen molar-refractivity contribution >= 4 is 23.7 Å². The van der Waals surface area contributed by atoms with Crippen LogP contribution in [-0.4, -0.2) is 29.7 Å². The van der Waals surface area contributed by atoms with Gasteiger partial charge in [0.25, 0.3) is 0 Å². The lowest BCUT2D eigenvalue weighted by Gasteiger charge is -2.30. The third-order valence-corrected chi connectivity index (χ3v) is 3.83. The molecule has 1 rings (SSSR count). The molecule has 0 aliphatic carbocycles. The van der Waals surface area contributed by atoms with E-state index in [0.717, 1.165) is 0 Å². The quantitative estimate of drug-likeness (QED) is 0.441. The number of carbonyl (C=O) groups excluding carboxylic acids is 2. The number of thioether (sulfide) groups is 1. The van der Waals surface area contributed by atoms with E-state index in [1.54, 1.807) is 6.92 Å². The van der Waals surface area contributed by atoms with Gasteiger partial charge in [0.05, 0.1) is 11.9 Å². The van der Waals surface area contributed by atoms with Crippen LogP contribution in [0.4, 0.5) is 0 Å². The minimum Gasteiger partial charge on any atom is -0.391 e. The molecule has 0 amide bonds. The molecule has 98 valence electrons. The Hall–Kier alpha value is -0.550. The smallest absolute Gasteiger partial charge is 0.346 e. The molecule has 0 spiro atoms. The zero-order chi connectivity index (χ0) is 13.1. The second-order valence-corrected chi connectivity index (χ2v) is 5.42. The summed E-state index contributed by atoms with van der Waals surface area (Å²) in [5.41, 5.74) is -1.01.